The molecule has 1 aromatic carbocycles. The summed E-state index contributed by atoms with van der Waals surface area (Å²) in [6.07, 6.45) is 5.38. The largest absolute Gasteiger partial charge is 0.352 e. The number of nitrogens with one attached hydrogen (secondary N) is 3. The van der Waals surface area contributed by atoms with Crippen LogP contribution in [0.15, 0.2) is 29.3 Å². The highest BCUT2D eigenvalue weighted by Crippen LogP contribution is 2.13. The van der Waals surface area contributed by atoms with Gasteiger partial charge in [0.15, 0.2) is 5.96 Å². The monoisotopic (exact) mass is 515 g/mol. The van der Waals surface area contributed by atoms with Crippen molar-refractivity contribution in [2.45, 2.75) is 65.1 Å². The Morgan fingerprint density at radius 3 is 2.14 bits per heavy atom. The van der Waals surface area contributed by atoms with Crippen molar-refractivity contribution in [1.29, 1.82) is 0 Å². The second-order valence-corrected chi connectivity index (χ2v) is 8.58. The summed E-state index contributed by atoms with van der Waals surface area (Å²) in [5, 5.41) is 9.24. The summed E-state index contributed by atoms with van der Waals surface area (Å²) >= 11 is 0. The number of guanidine groups is 1. The highest BCUT2D eigenvalue weighted by Gasteiger charge is 2.13. The molecule has 7 heteroatoms. The van der Waals surface area contributed by atoms with Gasteiger partial charge in [-0.15, -0.1) is 24.0 Å². The van der Waals surface area contributed by atoms with Gasteiger partial charge in [0.25, 0.3) is 0 Å². The van der Waals surface area contributed by atoms with E-state index >= 15 is 0 Å². The number of hydrogen-bond acceptors (Lipinski definition) is 3. The number of rotatable bonds is 6. The lowest BCUT2D eigenvalue weighted by Crippen LogP contribution is -2.48. The first-order chi connectivity index (χ1) is 13.4. The first-order valence-corrected chi connectivity index (χ1v) is 10.4. The third kappa shape index (κ3) is 10.8. The van der Waals surface area contributed by atoms with Gasteiger partial charge in [-0.1, -0.05) is 37.1 Å². The summed E-state index contributed by atoms with van der Waals surface area (Å²) in [7, 11) is 1.71. The van der Waals surface area contributed by atoms with E-state index in [-0.39, 0.29) is 42.0 Å². The minimum atomic E-state index is -0.231. The molecule has 0 saturated carbocycles. The van der Waals surface area contributed by atoms with Gasteiger partial charge in [0.05, 0.1) is 6.54 Å². The van der Waals surface area contributed by atoms with Crippen LogP contribution < -0.4 is 16.0 Å². The number of carbonyl (C=O) groups excluding carboxylic acids is 1. The van der Waals surface area contributed by atoms with E-state index in [1.165, 1.54) is 49.9 Å². The summed E-state index contributed by atoms with van der Waals surface area (Å²) < 4.78 is 0. The summed E-state index contributed by atoms with van der Waals surface area (Å²) in [4.78, 5) is 18.7. The van der Waals surface area contributed by atoms with E-state index in [1.807, 2.05) is 20.8 Å². The molecule has 3 N–H and O–H groups in total. The topological polar surface area (TPSA) is 68.8 Å². The Hall–Kier alpha value is -1.35. The van der Waals surface area contributed by atoms with E-state index < -0.39 is 0 Å². The second kappa shape index (κ2) is 13.1. The molecule has 0 bridgehead atoms. The number of aliphatic imine (C=N–C) groups is 1. The molecule has 0 atom stereocenters. The van der Waals surface area contributed by atoms with Crippen molar-refractivity contribution in [1.82, 2.24) is 20.9 Å². The van der Waals surface area contributed by atoms with E-state index in [0.29, 0.717) is 12.5 Å². The maximum Gasteiger partial charge on any atom is 0.239 e. The van der Waals surface area contributed by atoms with Crippen LogP contribution in [0.3, 0.4) is 0 Å². The van der Waals surface area contributed by atoms with Crippen LogP contribution in [0.1, 0.15) is 57.6 Å². The molecule has 1 aliphatic heterocycles. The maximum absolute atomic E-state index is 11.9. The highest BCUT2D eigenvalue weighted by molar-refractivity contribution is 14.0. The minimum absolute atomic E-state index is 0. The van der Waals surface area contributed by atoms with Crippen molar-refractivity contribution in [3.05, 3.63) is 35.4 Å². The molecule has 1 aromatic rings. The van der Waals surface area contributed by atoms with Gasteiger partial charge in [0.1, 0.15) is 0 Å². The van der Waals surface area contributed by atoms with Crippen molar-refractivity contribution in [3.8, 4) is 0 Å². The van der Waals surface area contributed by atoms with Crippen LogP contribution in [-0.4, -0.2) is 49.0 Å². The zero-order valence-electron chi connectivity index (χ0n) is 18.4. The van der Waals surface area contributed by atoms with Crippen molar-refractivity contribution in [2.24, 2.45) is 4.99 Å². The van der Waals surface area contributed by atoms with Gasteiger partial charge < -0.3 is 16.0 Å². The molecule has 6 nitrogen and oxygen atoms in total. The van der Waals surface area contributed by atoms with Gasteiger partial charge in [-0.2, -0.15) is 0 Å². The van der Waals surface area contributed by atoms with Crippen LogP contribution in [0.4, 0.5) is 0 Å². The van der Waals surface area contributed by atoms with Crippen molar-refractivity contribution < 1.29 is 4.79 Å². The number of halogens is 1. The lowest BCUT2D eigenvalue weighted by molar-refractivity contribution is -0.121. The van der Waals surface area contributed by atoms with Crippen LogP contribution in [0.5, 0.6) is 0 Å². The molecule has 1 saturated heterocycles. The summed E-state index contributed by atoms with van der Waals surface area (Å²) in [6, 6.07) is 8.77. The molecule has 0 aliphatic carbocycles. The van der Waals surface area contributed by atoms with Crippen LogP contribution in [0, 0.1) is 0 Å². The Morgan fingerprint density at radius 1 is 1.00 bits per heavy atom. The molecule has 29 heavy (non-hydrogen) atoms. The fourth-order valence-corrected chi connectivity index (χ4v) is 3.35. The van der Waals surface area contributed by atoms with E-state index in [0.717, 1.165) is 6.54 Å². The smallest absolute Gasteiger partial charge is 0.239 e. The van der Waals surface area contributed by atoms with Gasteiger partial charge in [0.2, 0.25) is 5.91 Å². The first-order valence-electron chi connectivity index (χ1n) is 10.4. The first kappa shape index (κ1) is 25.7. The Balaban J connectivity index is 0.00000420. The van der Waals surface area contributed by atoms with E-state index in [4.69, 9.17) is 0 Å². The van der Waals surface area contributed by atoms with Crippen molar-refractivity contribution >= 4 is 35.8 Å². The fraction of sp³-hybridized carbons (Fsp3) is 0.636. The lowest BCUT2D eigenvalue weighted by Gasteiger charge is -2.21. The van der Waals surface area contributed by atoms with Crippen molar-refractivity contribution in [2.75, 3.05) is 26.7 Å². The van der Waals surface area contributed by atoms with Gasteiger partial charge >= 0.3 is 0 Å². The Bertz CT molecular complexity index is 632. The zero-order valence-corrected chi connectivity index (χ0v) is 20.7. The lowest BCUT2D eigenvalue weighted by atomic mass is 10.1. The summed E-state index contributed by atoms with van der Waals surface area (Å²) in [6.45, 7) is 10.2. The maximum atomic E-state index is 11.9. The number of amides is 1. The average molecular weight is 515 g/mol. The second-order valence-electron chi connectivity index (χ2n) is 8.58. The van der Waals surface area contributed by atoms with Gasteiger partial charge in [-0.05, 0) is 57.8 Å². The minimum Gasteiger partial charge on any atom is -0.352 e. The van der Waals surface area contributed by atoms with Gasteiger partial charge in [0, 0.05) is 25.7 Å². The van der Waals surface area contributed by atoms with Crippen LogP contribution >= 0.6 is 24.0 Å². The summed E-state index contributed by atoms with van der Waals surface area (Å²) in [5.41, 5.74) is 2.33. The highest BCUT2D eigenvalue weighted by atomic mass is 127. The van der Waals surface area contributed by atoms with Crippen LogP contribution in [-0.2, 0) is 17.9 Å². The third-order valence-electron chi connectivity index (χ3n) is 4.74. The van der Waals surface area contributed by atoms with Crippen molar-refractivity contribution in [3.63, 3.8) is 0 Å². The number of likely N-dealkylation sites (tertiary alicyclic amines) is 1. The molecule has 0 unspecified atom stereocenters. The molecular formula is C22H38IN5O. The molecule has 2 rings (SSSR count). The Labute approximate surface area is 193 Å². The quantitative estimate of drug-likeness (QED) is 0.309. The molecule has 1 amide bonds. The van der Waals surface area contributed by atoms with Crippen LogP contribution in [0.2, 0.25) is 0 Å². The average Bonchev–Trinajstić information content (AvgIpc) is 2.90. The van der Waals surface area contributed by atoms with E-state index in [1.54, 1.807) is 7.05 Å². The third-order valence-corrected chi connectivity index (χ3v) is 4.74. The molecule has 1 aliphatic rings. The Kier molecular flexibility index (Phi) is 11.6. The SMILES string of the molecule is CN=C(NCC(=O)NC(C)(C)C)NCc1ccc(CN2CCCCCC2)cc1.I. The molecular weight excluding hydrogens is 477 g/mol. The predicted octanol–water partition coefficient (Wildman–Crippen LogP) is 3.26. The number of benzene rings is 1. The molecule has 164 valence electrons. The predicted molar refractivity (Wildman–Crippen MR) is 132 cm³/mol. The molecule has 1 heterocycles. The van der Waals surface area contributed by atoms with Crippen LogP contribution in [0.25, 0.3) is 0 Å². The number of nitrogens with zero attached hydrogens (tertiary/aromatic N) is 2. The van der Waals surface area contributed by atoms with Gasteiger partial charge in [-0.3, -0.25) is 14.7 Å². The normalized spacial score (nSPS) is 15.8. The van der Waals surface area contributed by atoms with E-state index in [9.17, 15) is 4.79 Å². The van der Waals surface area contributed by atoms with E-state index in [2.05, 4.69) is 50.1 Å². The zero-order chi connectivity index (χ0) is 20.4. The molecule has 0 aromatic heterocycles. The Morgan fingerprint density at radius 2 is 1.59 bits per heavy atom. The molecule has 0 radical (unpaired) electrons. The molecule has 0 spiro atoms. The number of carbonyl (C=O) groups is 1. The molecule has 1 fully saturated rings. The standard InChI is InChI=1S/C22H37N5O.HI/c1-22(2,3)26-20(28)16-25-21(23-4)24-15-18-9-11-19(12-10-18)17-27-13-7-5-6-8-14-27;/h9-12H,5-8,13-17H2,1-4H3,(H,26,28)(H2,23,24,25);1H. The van der Waals surface area contributed by atoms with Gasteiger partial charge in [-0.25, -0.2) is 0 Å². The number of hydrogen-bond donors (Lipinski definition) is 3. The fourth-order valence-electron chi connectivity index (χ4n) is 3.35. The summed E-state index contributed by atoms with van der Waals surface area (Å²) in [5.74, 6) is 0.575.